The molecule has 3 aliphatic rings. The summed E-state index contributed by atoms with van der Waals surface area (Å²) in [5, 5.41) is 15.1. The zero-order chi connectivity index (χ0) is 20.8. The molecule has 2 saturated heterocycles. The number of benzene rings is 1. The van der Waals surface area contributed by atoms with Crippen LogP contribution in [0.2, 0.25) is 0 Å². The highest BCUT2D eigenvalue weighted by atomic mass is 32.2. The number of hydrogen-bond donors (Lipinski definition) is 3. The van der Waals surface area contributed by atoms with Crippen LogP contribution in [0.3, 0.4) is 0 Å². The van der Waals surface area contributed by atoms with Gasteiger partial charge < -0.3 is 20.3 Å². The Kier molecular flexibility index (Phi) is 7.87. The Labute approximate surface area is 189 Å². The number of hydrogen-bond acceptors (Lipinski definition) is 6. The molecule has 8 heteroatoms. The lowest BCUT2D eigenvalue weighted by atomic mass is 9.87. The van der Waals surface area contributed by atoms with Crippen LogP contribution in [0.5, 0.6) is 0 Å². The number of morpholine rings is 1. The maximum absolute atomic E-state index is 8.04. The van der Waals surface area contributed by atoms with Gasteiger partial charge in [0.2, 0.25) is 0 Å². The summed E-state index contributed by atoms with van der Waals surface area (Å²) in [4.78, 5) is 5.08. The summed E-state index contributed by atoms with van der Waals surface area (Å²) in [5.74, 6) is 1.80. The lowest BCUT2D eigenvalue weighted by molar-refractivity contribution is 0.0115. The van der Waals surface area contributed by atoms with Crippen LogP contribution < -0.4 is 15.5 Å². The number of amidine groups is 1. The van der Waals surface area contributed by atoms with E-state index >= 15 is 0 Å². The number of thiocarbonyl (C=S) groups is 1. The third-order valence-corrected chi connectivity index (χ3v) is 7.66. The molecule has 164 valence electrons. The Morgan fingerprint density at radius 3 is 2.40 bits per heavy atom. The predicted molar refractivity (Wildman–Crippen MR) is 131 cm³/mol. The molecule has 2 aliphatic heterocycles. The molecule has 0 radical (unpaired) electrons. The number of thioether (sulfide) groups is 1. The fourth-order valence-corrected chi connectivity index (χ4v) is 5.54. The molecule has 1 aliphatic carbocycles. The van der Waals surface area contributed by atoms with Gasteiger partial charge >= 0.3 is 0 Å². The SMILES string of the molecule is N=C(NC(=S)Nc1ccc(N2CCC(N3CCOCC3)CC2)cc1)SCC1CCC1. The second kappa shape index (κ2) is 10.8. The average Bonchev–Trinajstić information content (AvgIpc) is 2.74. The van der Waals surface area contributed by atoms with E-state index in [9.17, 15) is 0 Å². The van der Waals surface area contributed by atoms with Crippen molar-refractivity contribution in [1.82, 2.24) is 10.2 Å². The highest BCUT2D eigenvalue weighted by Gasteiger charge is 2.26. The first-order valence-corrected chi connectivity index (χ1v) is 12.5. The minimum Gasteiger partial charge on any atom is -0.379 e. The van der Waals surface area contributed by atoms with E-state index < -0.39 is 0 Å². The van der Waals surface area contributed by atoms with Crippen molar-refractivity contribution in [3.63, 3.8) is 0 Å². The number of rotatable bonds is 5. The van der Waals surface area contributed by atoms with Crippen LogP contribution in [0, 0.1) is 11.3 Å². The van der Waals surface area contributed by atoms with Gasteiger partial charge in [0.05, 0.1) is 13.2 Å². The van der Waals surface area contributed by atoms with Crippen LogP contribution in [0.25, 0.3) is 0 Å². The van der Waals surface area contributed by atoms with Crippen LogP contribution in [-0.4, -0.2) is 66.4 Å². The molecule has 3 N–H and O–H groups in total. The molecule has 1 saturated carbocycles. The number of piperidine rings is 1. The largest absolute Gasteiger partial charge is 0.379 e. The Morgan fingerprint density at radius 2 is 1.77 bits per heavy atom. The quantitative estimate of drug-likeness (QED) is 0.361. The predicted octanol–water partition coefficient (Wildman–Crippen LogP) is 3.74. The van der Waals surface area contributed by atoms with Crippen molar-refractivity contribution in [3.05, 3.63) is 24.3 Å². The van der Waals surface area contributed by atoms with Gasteiger partial charge in [0.1, 0.15) is 0 Å². The second-order valence-corrected chi connectivity index (χ2v) is 9.87. The molecule has 2 heterocycles. The van der Waals surface area contributed by atoms with Gasteiger partial charge in [0, 0.05) is 49.3 Å². The number of nitrogens with one attached hydrogen (secondary N) is 3. The van der Waals surface area contributed by atoms with Gasteiger partial charge in [0.15, 0.2) is 10.3 Å². The zero-order valence-corrected chi connectivity index (χ0v) is 19.2. The number of nitrogens with zero attached hydrogens (tertiary/aromatic N) is 2. The molecule has 0 spiro atoms. The fourth-order valence-electron chi connectivity index (χ4n) is 4.35. The molecule has 1 aromatic rings. The van der Waals surface area contributed by atoms with Crippen LogP contribution in [0.15, 0.2) is 24.3 Å². The number of anilines is 2. The van der Waals surface area contributed by atoms with E-state index in [1.807, 2.05) is 0 Å². The molecule has 0 amide bonds. The maximum atomic E-state index is 8.04. The van der Waals surface area contributed by atoms with Crippen LogP contribution >= 0.6 is 24.0 Å². The van der Waals surface area contributed by atoms with E-state index in [2.05, 4.69) is 44.7 Å². The summed E-state index contributed by atoms with van der Waals surface area (Å²) in [6.45, 7) is 6.12. The van der Waals surface area contributed by atoms with Crippen molar-refractivity contribution in [1.29, 1.82) is 5.41 Å². The van der Waals surface area contributed by atoms with Crippen LogP contribution in [0.1, 0.15) is 32.1 Å². The third-order valence-electron chi connectivity index (χ3n) is 6.43. The third kappa shape index (κ3) is 6.09. The summed E-state index contributed by atoms with van der Waals surface area (Å²) in [6.07, 6.45) is 6.39. The first-order chi connectivity index (χ1) is 14.7. The van der Waals surface area contributed by atoms with Crippen LogP contribution in [-0.2, 0) is 4.74 Å². The van der Waals surface area contributed by atoms with Gasteiger partial charge in [-0.1, -0.05) is 18.2 Å². The lowest BCUT2D eigenvalue weighted by Gasteiger charge is -2.40. The van der Waals surface area contributed by atoms with Crippen molar-refractivity contribution in [2.45, 2.75) is 38.1 Å². The van der Waals surface area contributed by atoms with E-state index in [-0.39, 0.29) is 0 Å². The second-order valence-electron chi connectivity index (χ2n) is 8.43. The monoisotopic (exact) mass is 447 g/mol. The Balaban J connectivity index is 1.19. The molecular formula is C22H33N5OS2. The summed E-state index contributed by atoms with van der Waals surface area (Å²) in [5.41, 5.74) is 2.22. The first kappa shape index (κ1) is 21.9. The Bertz CT molecular complexity index is 711. The van der Waals surface area contributed by atoms with Gasteiger partial charge in [-0.25, -0.2) is 0 Å². The summed E-state index contributed by atoms with van der Waals surface area (Å²) in [6, 6.07) is 9.17. The van der Waals surface area contributed by atoms with E-state index in [1.165, 1.54) is 37.8 Å². The van der Waals surface area contributed by atoms with E-state index in [1.54, 1.807) is 11.8 Å². The van der Waals surface area contributed by atoms with Crippen molar-refractivity contribution in [2.75, 3.05) is 55.4 Å². The van der Waals surface area contributed by atoms with Crippen molar-refractivity contribution in [2.24, 2.45) is 5.92 Å². The minimum atomic E-state index is 0.430. The molecular weight excluding hydrogens is 414 g/mol. The van der Waals surface area contributed by atoms with Crippen LogP contribution in [0.4, 0.5) is 11.4 Å². The van der Waals surface area contributed by atoms with Gasteiger partial charge in [-0.15, -0.1) is 0 Å². The summed E-state index contributed by atoms with van der Waals surface area (Å²) in [7, 11) is 0. The molecule has 0 unspecified atom stereocenters. The molecule has 0 aromatic heterocycles. The molecule has 1 aromatic carbocycles. The fraction of sp³-hybridized carbons (Fsp3) is 0.636. The molecule has 3 fully saturated rings. The maximum Gasteiger partial charge on any atom is 0.176 e. The standard InChI is InChI=1S/C22H33N5OS2/c23-21(30-16-17-2-1-3-17)25-22(29)24-18-4-6-19(7-5-18)26-10-8-20(9-11-26)27-12-14-28-15-13-27/h4-7,17,20H,1-3,8-16H2,(H3,23,24,25,29). The molecule has 0 bridgehead atoms. The van der Waals surface area contributed by atoms with Crippen molar-refractivity contribution >= 4 is 45.6 Å². The van der Waals surface area contributed by atoms with Gasteiger partial charge in [-0.3, -0.25) is 10.3 Å². The van der Waals surface area contributed by atoms with Crippen molar-refractivity contribution in [3.8, 4) is 0 Å². The van der Waals surface area contributed by atoms with Gasteiger partial charge in [0.25, 0.3) is 0 Å². The molecule has 0 atom stereocenters. The topological polar surface area (TPSA) is 63.6 Å². The average molecular weight is 448 g/mol. The molecule has 6 nitrogen and oxygen atoms in total. The normalized spacial score (nSPS) is 21.1. The molecule has 30 heavy (non-hydrogen) atoms. The first-order valence-electron chi connectivity index (χ1n) is 11.1. The molecule has 4 rings (SSSR count). The van der Waals surface area contributed by atoms with E-state index in [4.69, 9.17) is 22.4 Å². The summed E-state index contributed by atoms with van der Waals surface area (Å²) < 4.78 is 5.48. The van der Waals surface area contributed by atoms with Gasteiger partial charge in [-0.2, -0.15) is 0 Å². The van der Waals surface area contributed by atoms with E-state index in [0.29, 0.717) is 16.3 Å². The zero-order valence-electron chi connectivity index (χ0n) is 17.6. The smallest absolute Gasteiger partial charge is 0.176 e. The highest BCUT2D eigenvalue weighted by Crippen LogP contribution is 2.29. The minimum absolute atomic E-state index is 0.430. The number of ether oxygens (including phenoxy) is 1. The van der Waals surface area contributed by atoms with E-state index in [0.717, 1.165) is 56.8 Å². The highest BCUT2D eigenvalue weighted by molar-refractivity contribution is 8.13. The lowest BCUT2D eigenvalue weighted by Crippen LogP contribution is -2.49. The van der Waals surface area contributed by atoms with Gasteiger partial charge in [-0.05, 0) is 68.1 Å². The van der Waals surface area contributed by atoms with Crippen molar-refractivity contribution < 1.29 is 4.74 Å². The Hall–Kier alpha value is -1.35. The Morgan fingerprint density at radius 1 is 1.07 bits per heavy atom. The summed E-state index contributed by atoms with van der Waals surface area (Å²) >= 11 is 6.93.